The third kappa shape index (κ3) is 5.47. The van der Waals surface area contributed by atoms with Gasteiger partial charge in [0.1, 0.15) is 12.1 Å². The molecule has 0 radical (unpaired) electrons. The number of amides is 1. The van der Waals surface area contributed by atoms with Crippen molar-refractivity contribution >= 4 is 23.5 Å². The van der Waals surface area contributed by atoms with E-state index < -0.39 is 0 Å². The van der Waals surface area contributed by atoms with Gasteiger partial charge in [-0.05, 0) is 55.0 Å². The van der Waals surface area contributed by atoms with Crippen LogP contribution >= 0.6 is 11.8 Å². The molecule has 0 saturated heterocycles. The highest BCUT2D eigenvalue weighted by Crippen LogP contribution is 2.29. The zero-order valence-electron chi connectivity index (χ0n) is 19.7. The second-order valence-corrected chi connectivity index (χ2v) is 9.43. The van der Waals surface area contributed by atoms with Gasteiger partial charge in [0.05, 0.1) is 23.7 Å². The molecule has 8 nitrogen and oxygen atoms in total. The molecule has 2 heterocycles. The molecule has 0 spiro atoms. The molecule has 2 aromatic carbocycles. The molecule has 1 aliphatic carbocycles. The molecule has 4 aromatic rings. The van der Waals surface area contributed by atoms with Gasteiger partial charge in [-0.15, -0.1) is 10.2 Å². The maximum Gasteiger partial charge on any atom is 0.236 e. The number of fused-ring (bicyclic) bond motifs is 1. The number of hydrogen-bond acceptors (Lipinski definition) is 6. The summed E-state index contributed by atoms with van der Waals surface area (Å²) in [5.41, 5.74) is 5.63. The first kappa shape index (κ1) is 23.3. The number of nitrogens with one attached hydrogen (secondary N) is 1. The van der Waals surface area contributed by atoms with Gasteiger partial charge in [-0.1, -0.05) is 42.1 Å². The first-order valence-corrected chi connectivity index (χ1v) is 12.8. The predicted octanol–water partition coefficient (Wildman–Crippen LogP) is 4.39. The fourth-order valence-corrected chi connectivity index (χ4v) is 5.02. The van der Waals surface area contributed by atoms with E-state index in [-0.39, 0.29) is 11.7 Å². The summed E-state index contributed by atoms with van der Waals surface area (Å²) in [7, 11) is 1.65. The van der Waals surface area contributed by atoms with Gasteiger partial charge in [-0.25, -0.2) is 4.68 Å². The SMILES string of the molecule is COCCn1cnnc1SCC(=O)Nc1cc(-c2ccc3c(c2)CCCC3)nn1-c1ccccc1. The Balaban J connectivity index is 1.36. The van der Waals surface area contributed by atoms with Crippen LogP contribution in [0.3, 0.4) is 0 Å². The fraction of sp³-hybridized carbons (Fsp3) is 0.308. The number of para-hydroxylation sites is 1. The summed E-state index contributed by atoms with van der Waals surface area (Å²) in [6, 6.07) is 18.4. The highest BCUT2D eigenvalue weighted by atomic mass is 32.2. The van der Waals surface area contributed by atoms with Gasteiger partial charge in [0.25, 0.3) is 0 Å². The third-order valence-electron chi connectivity index (χ3n) is 6.07. The van der Waals surface area contributed by atoms with E-state index in [1.54, 1.807) is 18.1 Å². The number of aryl methyl sites for hydroxylation is 2. The average molecular weight is 489 g/mol. The van der Waals surface area contributed by atoms with Crippen molar-refractivity contribution in [2.75, 3.05) is 24.8 Å². The van der Waals surface area contributed by atoms with E-state index in [0.29, 0.717) is 24.1 Å². The van der Waals surface area contributed by atoms with Crippen molar-refractivity contribution in [3.8, 4) is 16.9 Å². The summed E-state index contributed by atoms with van der Waals surface area (Å²) in [5.74, 6) is 0.709. The van der Waals surface area contributed by atoms with Gasteiger partial charge in [0.2, 0.25) is 5.91 Å². The van der Waals surface area contributed by atoms with E-state index >= 15 is 0 Å². The summed E-state index contributed by atoms with van der Waals surface area (Å²) >= 11 is 1.34. The standard InChI is InChI=1S/C26H28N6O2S/c1-34-14-13-31-18-27-29-26(31)35-17-25(33)28-24-16-23(30-32(24)22-9-3-2-4-10-22)21-12-11-19-7-5-6-8-20(19)15-21/h2-4,9-12,15-16,18H,5-8,13-14,17H2,1H3,(H,28,33). The van der Waals surface area contributed by atoms with Crippen molar-refractivity contribution in [3.63, 3.8) is 0 Å². The summed E-state index contributed by atoms with van der Waals surface area (Å²) in [5, 5.41) is 16.7. The number of methoxy groups -OCH3 is 1. The van der Waals surface area contributed by atoms with Crippen LogP contribution in [-0.4, -0.2) is 49.9 Å². The Labute approximate surface area is 208 Å². The number of benzene rings is 2. The quantitative estimate of drug-likeness (QED) is 0.352. The Kier molecular flexibility index (Phi) is 7.25. The van der Waals surface area contributed by atoms with E-state index in [2.05, 4.69) is 33.7 Å². The predicted molar refractivity (Wildman–Crippen MR) is 137 cm³/mol. The lowest BCUT2D eigenvalue weighted by molar-refractivity contribution is -0.113. The molecule has 9 heteroatoms. The van der Waals surface area contributed by atoms with Crippen molar-refractivity contribution in [1.29, 1.82) is 0 Å². The molecule has 35 heavy (non-hydrogen) atoms. The van der Waals surface area contributed by atoms with Crippen molar-refractivity contribution in [1.82, 2.24) is 24.5 Å². The number of nitrogens with zero attached hydrogens (tertiary/aromatic N) is 5. The molecule has 1 aliphatic rings. The maximum atomic E-state index is 12.9. The van der Waals surface area contributed by atoms with Gasteiger partial charge in [0.15, 0.2) is 5.16 Å². The maximum absolute atomic E-state index is 12.9. The number of carbonyl (C=O) groups is 1. The molecular formula is C26H28N6O2S. The average Bonchev–Trinajstić information content (AvgIpc) is 3.53. The lowest BCUT2D eigenvalue weighted by atomic mass is 9.90. The molecule has 5 rings (SSSR count). The monoisotopic (exact) mass is 488 g/mol. The zero-order valence-corrected chi connectivity index (χ0v) is 20.5. The number of ether oxygens (including phenoxy) is 1. The Morgan fingerprint density at radius 2 is 1.91 bits per heavy atom. The fourth-order valence-electron chi connectivity index (χ4n) is 4.28. The molecule has 1 N–H and O–H groups in total. The van der Waals surface area contributed by atoms with Crippen LogP contribution in [0.5, 0.6) is 0 Å². The van der Waals surface area contributed by atoms with Crippen molar-refractivity contribution in [2.45, 2.75) is 37.4 Å². The van der Waals surface area contributed by atoms with Crippen LogP contribution in [0, 0.1) is 0 Å². The van der Waals surface area contributed by atoms with Crippen LogP contribution in [0.25, 0.3) is 16.9 Å². The summed E-state index contributed by atoms with van der Waals surface area (Å²) in [6.45, 7) is 1.19. The number of carbonyl (C=O) groups excluding carboxylic acids is 1. The second-order valence-electron chi connectivity index (χ2n) is 8.49. The van der Waals surface area contributed by atoms with Gasteiger partial charge < -0.3 is 14.6 Å². The van der Waals surface area contributed by atoms with Gasteiger partial charge in [-0.2, -0.15) is 5.10 Å². The Bertz CT molecular complexity index is 1300. The molecule has 0 bridgehead atoms. The molecule has 0 fully saturated rings. The Morgan fingerprint density at radius 3 is 2.74 bits per heavy atom. The molecule has 2 aromatic heterocycles. The van der Waals surface area contributed by atoms with E-state index in [1.807, 2.05) is 41.0 Å². The van der Waals surface area contributed by atoms with Crippen LogP contribution in [0.4, 0.5) is 5.82 Å². The Hall–Kier alpha value is -3.43. The van der Waals surface area contributed by atoms with Crippen LogP contribution < -0.4 is 5.32 Å². The first-order chi connectivity index (χ1) is 17.2. The molecule has 0 saturated carbocycles. The van der Waals surface area contributed by atoms with E-state index in [0.717, 1.165) is 29.8 Å². The third-order valence-corrected chi connectivity index (χ3v) is 7.05. The minimum absolute atomic E-state index is 0.134. The van der Waals surface area contributed by atoms with Crippen molar-refractivity contribution in [2.24, 2.45) is 0 Å². The van der Waals surface area contributed by atoms with Crippen LogP contribution in [0.2, 0.25) is 0 Å². The molecule has 0 aliphatic heterocycles. The minimum Gasteiger partial charge on any atom is -0.383 e. The topological polar surface area (TPSA) is 86.9 Å². The van der Waals surface area contributed by atoms with Crippen molar-refractivity contribution < 1.29 is 9.53 Å². The lowest BCUT2D eigenvalue weighted by Crippen LogP contribution is -2.17. The van der Waals surface area contributed by atoms with Crippen LogP contribution in [-0.2, 0) is 28.9 Å². The Morgan fingerprint density at radius 1 is 1.09 bits per heavy atom. The highest BCUT2D eigenvalue weighted by Gasteiger charge is 2.17. The van der Waals surface area contributed by atoms with Crippen LogP contribution in [0.15, 0.2) is 66.1 Å². The normalized spacial score (nSPS) is 12.9. The van der Waals surface area contributed by atoms with Gasteiger partial charge in [0, 0.05) is 25.3 Å². The van der Waals surface area contributed by atoms with E-state index in [4.69, 9.17) is 9.84 Å². The number of thioether (sulfide) groups is 1. The van der Waals surface area contributed by atoms with Gasteiger partial charge in [-0.3, -0.25) is 4.79 Å². The van der Waals surface area contributed by atoms with Crippen molar-refractivity contribution in [3.05, 3.63) is 72.1 Å². The lowest BCUT2D eigenvalue weighted by Gasteiger charge is -2.16. The van der Waals surface area contributed by atoms with E-state index in [1.165, 1.54) is 35.7 Å². The van der Waals surface area contributed by atoms with E-state index in [9.17, 15) is 4.79 Å². The van der Waals surface area contributed by atoms with Gasteiger partial charge >= 0.3 is 0 Å². The molecule has 0 unspecified atom stereocenters. The smallest absolute Gasteiger partial charge is 0.236 e. The highest BCUT2D eigenvalue weighted by molar-refractivity contribution is 7.99. The molecule has 0 atom stereocenters. The molecule has 1 amide bonds. The zero-order chi connectivity index (χ0) is 24.0. The second kappa shape index (κ2) is 10.9. The molecular weight excluding hydrogens is 460 g/mol. The number of anilines is 1. The minimum atomic E-state index is -0.134. The summed E-state index contributed by atoms with van der Waals surface area (Å²) in [4.78, 5) is 12.9. The van der Waals surface area contributed by atoms with Crippen LogP contribution in [0.1, 0.15) is 24.0 Å². The number of rotatable bonds is 9. The largest absolute Gasteiger partial charge is 0.383 e. The summed E-state index contributed by atoms with van der Waals surface area (Å²) in [6.07, 6.45) is 6.39. The first-order valence-electron chi connectivity index (χ1n) is 11.8. The molecule has 180 valence electrons. The number of aromatic nitrogens is 5. The number of hydrogen-bond donors (Lipinski definition) is 1. The summed E-state index contributed by atoms with van der Waals surface area (Å²) < 4.78 is 8.79.